The maximum Gasteiger partial charge on any atom is 0.0649 e. The highest BCUT2D eigenvalue weighted by molar-refractivity contribution is 5.43. The predicted octanol–water partition coefficient (Wildman–Crippen LogP) is 3.21. The molecule has 3 heteroatoms. The van der Waals surface area contributed by atoms with Gasteiger partial charge in [-0.15, -0.1) is 0 Å². The molecule has 2 aromatic carbocycles. The molecule has 0 aliphatic heterocycles. The van der Waals surface area contributed by atoms with Gasteiger partial charge in [0.05, 0.1) is 17.4 Å². The fourth-order valence-electron chi connectivity index (χ4n) is 3.18. The summed E-state index contributed by atoms with van der Waals surface area (Å²) in [6.45, 7) is 0. The van der Waals surface area contributed by atoms with Crippen LogP contribution in [0.1, 0.15) is 28.8 Å². The van der Waals surface area contributed by atoms with E-state index in [0.717, 1.165) is 17.8 Å². The van der Waals surface area contributed by atoms with E-state index in [1.807, 2.05) is 35.1 Å². The van der Waals surface area contributed by atoms with Crippen LogP contribution in [0.5, 0.6) is 0 Å². The summed E-state index contributed by atoms with van der Waals surface area (Å²) < 4.78 is 1.95. The zero-order valence-corrected chi connectivity index (χ0v) is 11.7. The fourth-order valence-corrected chi connectivity index (χ4v) is 3.18. The summed E-state index contributed by atoms with van der Waals surface area (Å²) in [5, 5.41) is 4.44. The third kappa shape index (κ3) is 1.98. The summed E-state index contributed by atoms with van der Waals surface area (Å²) in [6, 6.07) is 20.7. The molecule has 0 saturated heterocycles. The van der Waals surface area contributed by atoms with Crippen LogP contribution in [0.2, 0.25) is 0 Å². The summed E-state index contributed by atoms with van der Waals surface area (Å²) in [6.07, 6.45) is 2.88. The zero-order valence-electron chi connectivity index (χ0n) is 11.7. The van der Waals surface area contributed by atoms with Gasteiger partial charge < -0.3 is 5.73 Å². The van der Waals surface area contributed by atoms with Gasteiger partial charge in [-0.05, 0) is 35.7 Å². The van der Waals surface area contributed by atoms with Crippen molar-refractivity contribution in [3.05, 3.63) is 83.7 Å². The Morgan fingerprint density at radius 2 is 1.76 bits per heavy atom. The van der Waals surface area contributed by atoms with Crippen LogP contribution in [0.4, 0.5) is 0 Å². The lowest BCUT2D eigenvalue weighted by molar-refractivity contribution is 0.481. The van der Waals surface area contributed by atoms with Gasteiger partial charge in [-0.2, -0.15) is 5.10 Å². The number of hydrogen-bond donors (Lipinski definition) is 1. The number of benzene rings is 2. The molecule has 0 radical (unpaired) electrons. The molecule has 2 unspecified atom stereocenters. The van der Waals surface area contributed by atoms with Crippen molar-refractivity contribution in [3.8, 4) is 5.69 Å². The van der Waals surface area contributed by atoms with Crippen molar-refractivity contribution in [1.29, 1.82) is 0 Å². The van der Waals surface area contributed by atoms with E-state index in [2.05, 4.69) is 41.5 Å². The lowest BCUT2D eigenvalue weighted by Gasteiger charge is -2.34. The quantitative estimate of drug-likeness (QED) is 0.797. The molecule has 2 atom stereocenters. The number of para-hydroxylation sites is 1. The summed E-state index contributed by atoms with van der Waals surface area (Å²) >= 11 is 0. The highest BCUT2D eigenvalue weighted by Crippen LogP contribution is 2.42. The van der Waals surface area contributed by atoms with Crippen molar-refractivity contribution in [2.75, 3.05) is 0 Å². The molecule has 4 rings (SSSR count). The van der Waals surface area contributed by atoms with Gasteiger partial charge in [-0.1, -0.05) is 42.5 Å². The van der Waals surface area contributed by atoms with E-state index in [-0.39, 0.29) is 6.04 Å². The fraction of sp³-hybridized carbons (Fsp3) is 0.167. The Balaban J connectivity index is 1.68. The largest absolute Gasteiger partial charge is 0.322 e. The molecule has 104 valence electrons. The molecule has 0 fully saturated rings. The van der Waals surface area contributed by atoms with Gasteiger partial charge in [0.1, 0.15) is 0 Å². The summed E-state index contributed by atoms with van der Waals surface area (Å²) in [5.74, 6) is 0.389. The summed E-state index contributed by atoms with van der Waals surface area (Å²) in [4.78, 5) is 0. The highest BCUT2D eigenvalue weighted by atomic mass is 15.3. The smallest absolute Gasteiger partial charge is 0.0649 e. The SMILES string of the molecule is NC(c1ccnn1-c1ccccc1)C1Cc2ccccc21. The minimum Gasteiger partial charge on any atom is -0.322 e. The second-order valence-corrected chi connectivity index (χ2v) is 5.54. The van der Waals surface area contributed by atoms with Crippen LogP contribution in [0, 0.1) is 0 Å². The third-order valence-corrected chi connectivity index (χ3v) is 4.34. The van der Waals surface area contributed by atoms with E-state index in [0.29, 0.717) is 5.92 Å². The molecule has 0 amide bonds. The second kappa shape index (κ2) is 4.86. The molecule has 3 nitrogen and oxygen atoms in total. The van der Waals surface area contributed by atoms with Crippen LogP contribution in [-0.4, -0.2) is 9.78 Å². The maximum atomic E-state index is 6.54. The van der Waals surface area contributed by atoms with Crippen LogP contribution in [0.3, 0.4) is 0 Å². The van der Waals surface area contributed by atoms with Crippen LogP contribution in [0.15, 0.2) is 66.9 Å². The molecule has 1 aliphatic rings. The van der Waals surface area contributed by atoms with Crippen molar-refractivity contribution in [1.82, 2.24) is 9.78 Å². The van der Waals surface area contributed by atoms with E-state index in [1.165, 1.54) is 11.1 Å². The van der Waals surface area contributed by atoms with E-state index in [9.17, 15) is 0 Å². The molecular weight excluding hydrogens is 258 g/mol. The molecule has 1 heterocycles. The van der Waals surface area contributed by atoms with Crippen molar-refractivity contribution in [3.63, 3.8) is 0 Å². The first-order valence-electron chi connectivity index (χ1n) is 7.27. The molecule has 1 aromatic heterocycles. The minimum absolute atomic E-state index is 0.0254. The van der Waals surface area contributed by atoms with E-state index in [4.69, 9.17) is 5.73 Å². The second-order valence-electron chi connectivity index (χ2n) is 5.54. The van der Waals surface area contributed by atoms with Crippen molar-refractivity contribution in [2.45, 2.75) is 18.4 Å². The van der Waals surface area contributed by atoms with E-state index < -0.39 is 0 Å². The third-order valence-electron chi connectivity index (χ3n) is 4.34. The van der Waals surface area contributed by atoms with E-state index in [1.54, 1.807) is 0 Å². The Labute approximate surface area is 124 Å². The molecule has 21 heavy (non-hydrogen) atoms. The molecule has 0 bridgehead atoms. The molecular formula is C18H17N3. The van der Waals surface area contributed by atoms with Crippen molar-refractivity contribution >= 4 is 0 Å². The molecule has 0 spiro atoms. The Kier molecular flexibility index (Phi) is 2.86. The van der Waals surface area contributed by atoms with Crippen LogP contribution >= 0.6 is 0 Å². The van der Waals surface area contributed by atoms with Gasteiger partial charge in [-0.3, -0.25) is 0 Å². The molecule has 0 saturated carbocycles. The lowest BCUT2D eigenvalue weighted by Crippen LogP contribution is -2.30. The number of rotatable bonds is 3. The topological polar surface area (TPSA) is 43.8 Å². The van der Waals surface area contributed by atoms with Gasteiger partial charge in [0.2, 0.25) is 0 Å². The lowest BCUT2D eigenvalue weighted by atomic mass is 9.73. The van der Waals surface area contributed by atoms with Crippen LogP contribution in [-0.2, 0) is 6.42 Å². The van der Waals surface area contributed by atoms with Gasteiger partial charge in [0.25, 0.3) is 0 Å². The van der Waals surface area contributed by atoms with Crippen LogP contribution in [0.25, 0.3) is 5.69 Å². The van der Waals surface area contributed by atoms with E-state index >= 15 is 0 Å². The first kappa shape index (κ1) is 12.4. The van der Waals surface area contributed by atoms with Gasteiger partial charge in [0, 0.05) is 12.1 Å². The highest BCUT2D eigenvalue weighted by Gasteiger charge is 2.33. The van der Waals surface area contributed by atoms with Crippen molar-refractivity contribution < 1.29 is 0 Å². The molecule has 3 aromatic rings. The summed E-state index contributed by atoms with van der Waals surface area (Å²) in [7, 11) is 0. The molecule has 1 aliphatic carbocycles. The number of hydrogen-bond acceptors (Lipinski definition) is 2. The van der Waals surface area contributed by atoms with Crippen LogP contribution < -0.4 is 5.73 Å². The number of fused-ring (bicyclic) bond motifs is 1. The monoisotopic (exact) mass is 275 g/mol. The Morgan fingerprint density at radius 3 is 2.57 bits per heavy atom. The Hall–Kier alpha value is -2.39. The van der Waals surface area contributed by atoms with Gasteiger partial charge in [0.15, 0.2) is 0 Å². The predicted molar refractivity (Wildman–Crippen MR) is 83.4 cm³/mol. The number of nitrogens with two attached hydrogens (primary N) is 1. The normalized spacial score (nSPS) is 17.9. The first-order valence-corrected chi connectivity index (χ1v) is 7.27. The maximum absolute atomic E-state index is 6.54. The standard InChI is InChI=1S/C18H17N3/c19-18(16-12-13-6-4-5-9-15(13)16)17-10-11-20-21(17)14-7-2-1-3-8-14/h1-11,16,18H,12,19H2. The van der Waals surface area contributed by atoms with Gasteiger partial charge >= 0.3 is 0 Å². The average molecular weight is 275 g/mol. The zero-order chi connectivity index (χ0) is 14.2. The average Bonchev–Trinajstić information content (AvgIpc) is 2.99. The number of nitrogens with zero attached hydrogens (tertiary/aromatic N) is 2. The van der Waals surface area contributed by atoms with Gasteiger partial charge in [-0.25, -0.2) is 4.68 Å². The number of aromatic nitrogens is 2. The minimum atomic E-state index is -0.0254. The first-order chi connectivity index (χ1) is 10.3. The summed E-state index contributed by atoms with van der Waals surface area (Å²) in [5.41, 5.74) is 11.5. The Bertz CT molecular complexity index is 761. The van der Waals surface area contributed by atoms with Crippen molar-refractivity contribution in [2.24, 2.45) is 5.73 Å². The molecule has 2 N–H and O–H groups in total. The Morgan fingerprint density at radius 1 is 1.00 bits per heavy atom.